The molecule has 0 bridgehead atoms. The molecule has 0 amide bonds. The van der Waals surface area contributed by atoms with Crippen LogP contribution in [-0.4, -0.2) is 9.79 Å². The van der Waals surface area contributed by atoms with Crippen molar-refractivity contribution in [3.05, 3.63) is 66.2 Å². The summed E-state index contributed by atoms with van der Waals surface area (Å²) in [4.78, 5) is 16.7. The first kappa shape index (κ1) is 17.4. The minimum atomic E-state index is -4.39. The predicted octanol–water partition coefficient (Wildman–Crippen LogP) is 4.19. The summed E-state index contributed by atoms with van der Waals surface area (Å²) in [6.45, 7) is 2.23. The second-order valence-electron chi connectivity index (χ2n) is 4.48. The van der Waals surface area contributed by atoms with Gasteiger partial charge in [0.05, 0.1) is 0 Å². The van der Waals surface area contributed by atoms with Crippen LogP contribution in [0.15, 0.2) is 60.7 Å². The van der Waals surface area contributed by atoms with Gasteiger partial charge in [0.1, 0.15) is 5.75 Å². The number of hydrogen-bond donors (Lipinski definition) is 2. The van der Waals surface area contributed by atoms with Gasteiger partial charge in [-0.25, -0.2) is 4.57 Å². The number of phosphoric acid groups is 1. The van der Waals surface area contributed by atoms with Gasteiger partial charge in [-0.05, 0) is 30.5 Å². The summed E-state index contributed by atoms with van der Waals surface area (Å²) < 4.78 is 14.5. The number of benzene rings is 2. The van der Waals surface area contributed by atoms with E-state index in [2.05, 4.69) is 41.8 Å². The van der Waals surface area contributed by atoms with Crippen LogP contribution in [0.1, 0.15) is 25.3 Å². The summed E-state index contributed by atoms with van der Waals surface area (Å²) >= 11 is 0. The molecule has 5 heteroatoms. The highest BCUT2D eigenvalue weighted by atomic mass is 31.2. The molecule has 0 aliphatic heterocycles. The number of unbranched alkanes of at least 4 members (excludes halogenated alkanes) is 1. The molecule has 0 heterocycles. The zero-order valence-corrected chi connectivity index (χ0v) is 12.9. The summed E-state index contributed by atoms with van der Waals surface area (Å²) in [6, 6.07) is 18.6. The van der Waals surface area contributed by atoms with Gasteiger partial charge in [-0.3, -0.25) is 9.79 Å². The maximum absolute atomic E-state index is 10.3. The van der Waals surface area contributed by atoms with E-state index in [1.165, 1.54) is 37.0 Å². The highest BCUT2D eigenvalue weighted by Gasteiger charge is 2.14. The molecule has 2 rings (SSSR count). The number of phosphoric ester groups is 1. The summed E-state index contributed by atoms with van der Waals surface area (Å²) in [5, 5.41) is 0. The van der Waals surface area contributed by atoms with Gasteiger partial charge in [0.25, 0.3) is 0 Å². The molecule has 0 unspecified atom stereocenters. The average Bonchev–Trinajstić information content (AvgIpc) is 2.46. The Morgan fingerprint density at radius 2 is 1.48 bits per heavy atom. The quantitative estimate of drug-likeness (QED) is 0.813. The van der Waals surface area contributed by atoms with E-state index in [9.17, 15) is 4.57 Å². The fourth-order valence-electron chi connectivity index (χ4n) is 1.64. The van der Waals surface area contributed by atoms with Crippen LogP contribution in [0.4, 0.5) is 0 Å². The van der Waals surface area contributed by atoms with Crippen LogP contribution in [0.3, 0.4) is 0 Å². The molecular weight excluding hydrogens is 287 g/mol. The third-order valence-electron chi connectivity index (χ3n) is 2.63. The van der Waals surface area contributed by atoms with E-state index in [0.717, 1.165) is 0 Å². The van der Waals surface area contributed by atoms with Crippen LogP contribution in [-0.2, 0) is 11.0 Å². The highest BCUT2D eigenvalue weighted by Crippen LogP contribution is 2.36. The van der Waals surface area contributed by atoms with E-state index >= 15 is 0 Å². The van der Waals surface area contributed by atoms with Crippen molar-refractivity contribution in [1.29, 1.82) is 0 Å². The molecule has 0 saturated heterocycles. The Morgan fingerprint density at radius 3 is 1.95 bits per heavy atom. The van der Waals surface area contributed by atoms with Crippen molar-refractivity contribution in [2.75, 3.05) is 0 Å². The van der Waals surface area contributed by atoms with Gasteiger partial charge >= 0.3 is 7.82 Å². The molecule has 2 N–H and O–H groups in total. The first-order valence-electron chi connectivity index (χ1n) is 6.85. The smallest absolute Gasteiger partial charge is 0.404 e. The Kier molecular flexibility index (Phi) is 7.76. The zero-order valence-electron chi connectivity index (χ0n) is 12.1. The van der Waals surface area contributed by atoms with Crippen molar-refractivity contribution in [3.63, 3.8) is 0 Å². The summed E-state index contributed by atoms with van der Waals surface area (Å²) in [5.41, 5.74) is 1.46. The van der Waals surface area contributed by atoms with E-state index in [1.807, 2.05) is 0 Å². The van der Waals surface area contributed by atoms with Gasteiger partial charge in [0.15, 0.2) is 0 Å². The molecule has 2 aromatic rings. The van der Waals surface area contributed by atoms with Crippen LogP contribution >= 0.6 is 7.82 Å². The van der Waals surface area contributed by atoms with E-state index in [-0.39, 0.29) is 5.75 Å². The average molecular weight is 308 g/mol. The molecule has 4 nitrogen and oxygen atoms in total. The Balaban J connectivity index is 0.000000211. The number of hydrogen-bond acceptors (Lipinski definition) is 2. The second kappa shape index (κ2) is 9.35. The normalized spacial score (nSPS) is 10.4. The van der Waals surface area contributed by atoms with E-state index in [1.54, 1.807) is 18.2 Å². The van der Waals surface area contributed by atoms with E-state index in [0.29, 0.717) is 0 Å². The van der Waals surface area contributed by atoms with Gasteiger partial charge in [-0.15, -0.1) is 0 Å². The Bertz CT molecular complexity index is 537. The van der Waals surface area contributed by atoms with Crippen molar-refractivity contribution in [2.24, 2.45) is 0 Å². The molecule has 0 saturated carbocycles. The van der Waals surface area contributed by atoms with Gasteiger partial charge in [-0.1, -0.05) is 61.9 Å². The second-order valence-corrected chi connectivity index (χ2v) is 5.65. The lowest BCUT2D eigenvalue weighted by Gasteiger charge is -2.04. The third kappa shape index (κ3) is 9.03. The van der Waals surface area contributed by atoms with Crippen molar-refractivity contribution in [2.45, 2.75) is 26.2 Å². The molecule has 0 aromatic heterocycles. The Hall–Kier alpha value is -1.61. The lowest BCUT2D eigenvalue weighted by molar-refractivity contribution is 0.283. The first-order chi connectivity index (χ1) is 10.0. The standard InChI is InChI=1S/C10H14.C6H7O4P/c1-2-3-7-10-8-5-4-6-9-10;7-11(8,9)10-6-4-2-1-3-5-6/h4-6,8-9H,2-3,7H2,1H3;1-5H,(H2,7,8,9). The van der Waals surface area contributed by atoms with Crippen LogP contribution in [0.2, 0.25) is 0 Å². The Labute approximate surface area is 125 Å². The largest absolute Gasteiger partial charge is 0.524 e. The van der Waals surface area contributed by atoms with Crippen LogP contribution in [0.5, 0.6) is 5.75 Å². The van der Waals surface area contributed by atoms with Gasteiger partial charge in [0.2, 0.25) is 0 Å². The van der Waals surface area contributed by atoms with Crippen LogP contribution in [0, 0.1) is 0 Å². The van der Waals surface area contributed by atoms with Gasteiger partial charge < -0.3 is 4.52 Å². The summed E-state index contributed by atoms with van der Waals surface area (Å²) in [6.07, 6.45) is 3.83. The topological polar surface area (TPSA) is 66.8 Å². The number of aryl methyl sites for hydroxylation is 1. The molecule has 0 fully saturated rings. The maximum atomic E-state index is 10.3. The zero-order chi connectivity index (χ0) is 15.6. The number of rotatable bonds is 5. The van der Waals surface area contributed by atoms with Crippen LogP contribution < -0.4 is 4.52 Å². The minimum absolute atomic E-state index is 0.167. The lowest BCUT2D eigenvalue weighted by Crippen LogP contribution is -1.88. The molecule has 21 heavy (non-hydrogen) atoms. The monoisotopic (exact) mass is 308 g/mol. The van der Waals surface area contributed by atoms with Gasteiger partial charge in [0, 0.05) is 0 Å². The first-order valence-corrected chi connectivity index (χ1v) is 8.38. The molecule has 0 aliphatic rings. The third-order valence-corrected chi connectivity index (χ3v) is 3.08. The molecule has 0 spiro atoms. The maximum Gasteiger partial charge on any atom is 0.524 e. The summed E-state index contributed by atoms with van der Waals surface area (Å²) in [5.74, 6) is 0.167. The van der Waals surface area contributed by atoms with Crippen molar-refractivity contribution < 1.29 is 18.9 Å². The predicted molar refractivity (Wildman–Crippen MR) is 84.2 cm³/mol. The number of para-hydroxylation sites is 1. The fraction of sp³-hybridized carbons (Fsp3) is 0.250. The molecule has 114 valence electrons. The SMILES string of the molecule is CCCCc1ccccc1.O=P(O)(O)Oc1ccccc1. The molecule has 0 radical (unpaired) electrons. The van der Waals surface area contributed by atoms with E-state index in [4.69, 9.17) is 9.79 Å². The van der Waals surface area contributed by atoms with Crippen molar-refractivity contribution in [3.8, 4) is 5.75 Å². The lowest BCUT2D eigenvalue weighted by atomic mass is 10.1. The highest BCUT2D eigenvalue weighted by molar-refractivity contribution is 7.46. The molecular formula is C16H21O4P. The van der Waals surface area contributed by atoms with Crippen molar-refractivity contribution in [1.82, 2.24) is 0 Å². The molecule has 0 atom stereocenters. The summed E-state index contributed by atoms with van der Waals surface area (Å²) in [7, 11) is -4.39. The minimum Gasteiger partial charge on any atom is -0.404 e. The van der Waals surface area contributed by atoms with Crippen molar-refractivity contribution >= 4 is 7.82 Å². The van der Waals surface area contributed by atoms with Gasteiger partial charge in [-0.2, -0.15) is 0 Å². The molecule has 2 aromatic carbocycles. The Morgan fingerprint density at radius 1 is 0.952 bits per heavy atom. The van der Waals surface area contributed by atoms with Crippen LogP contribution in [0.25, 0.3) is 0 Å². The molecule has 0 aliphatic carbocycles. The fourth-order valence-corrected chi connectivity index (χ4v) is 2.04. The van der Waals surface area contributed by atoms with E-state index < -0.39 is 7.82 Å².